The fraction of sp³-hybridized carbons (Fsp3) is 0.200. The zero-order chi connectivity index (χ0) is 10.1. The van der Waals surface area contributed by atoms with Gasteiger partial charge in [-0.05, 0) is 41.6 Å². The van der Waals surface area contributed by atoms with Crippen molar-refractivity contribution >= 4 is 55.6 Å². The summed E-state index contributed by atoms with van der Waals surface area (Å²) >= 11 is 10.0. The maximum atomic E-state index is 6.09. The highest BCUT2D eigenvalue weighted by Gasteiger charge is 2.08. The highest BCUT2D eigenvalue weighted by molar-refractivity contribution is 14.1. The molecule has 1 aromatic heterocycles. The van der Waals surface area contributed by atoms with Gasteiger partial charge >= 0.3 is 0 Å². The lowest BCUT2D eigenvalue weighted by Gasteiger charge is -1.94. The number of hydrogen-bond donors (Lipinski definition) is 0. The maximum absolute atomic E-state index is 6.09. The fourth-order valence-corrected chi connectivity index (χ4v) is 3.32. The molecule has 74 valence electrons. The van der Waals surface area contributed by atoms with Crippen LogP contribution in [0.4, 0.5) is 0 Å². The molecule has 14 heavy (non-hydrogen) atoms. The summed E-state index contributed by atoms with van der Waals surface area (Å²) in [7, 11) is 0. The Hall–Kier alpha value is -0.000000000000000139. The van der Waals surface area contributed by atoms with Crippen molar-refractivity contribution in [2.75, 3.05) is 6.61 Å². The van der Waals surface area contributed by atoms with Crippen LogP contribution in [-0.4, -0.2) is 6.61 Å². The first-order chi connectivity index (χ1) is 6.72. The van der Waals surface area contributed by atoms with Crippen LogP contribution in [0.25, 0.3) is 10.1 Å². The van der Waals surface area contributed by atoms with Crippen molar-refractivity contribution in [2.24, 2.45) is 0 Å². The Morgan fingerprint density at radius 2 is 2.29 bits per heavy atom. The van der Waals surface area contributed by atoms with Gasteiger partial charge < -0.3 is 4.74 Å². The standard InChI is InChI=1S/C10H8ClIOS/c1-2-13-9-5-6-8(12)4-3-7(11)10(6)14-9/h3-5H,2H2,1H3. The van der Waals surface area contributed by atoms with E-state index < -0.39 is 0 Å². The molecule has 0 aliphatic heterocycles. The van der Waals surface area contributed by atoms with Crippen LogP contribution in [-0.2, 0) is 0 Å². The number of fused-ring (bicyclic) bond motifs is 1. The lowest BCUT2D eigenvalue weighted by molar-refractivity contribution is 0.350. The summed E-state index contributed by atoms with van der Waals surface area (Å²) in [4.78, 5) is 0. The van der Waals surface area contributed by atoms with Crippen LogP contribution in [0.3, 0.4) is 0 Å². The van der Waals surface area contributed by atoms with E-state index in [2.05, 4.69) is 28.7 Å². The molecule has 0 aliphatic carbocycles. The molecule has 0 saturated carbocycles. The number of ether oxygens (including phenoxy) is 1. The summed E-state index contributed by atoms with van der Waals surface area (Å²) in [6, 6.07) is 6.00. The molecular weight excluding hydrogens is 331 g/mol. The molecule has 2 aromatic rings. The van der Waals surface area contributed by atoms with Crippen LogP contribution < -0.4 is 4.74 Å². The molecular formula is C10H8ClIOS. The van der Waals surface area contributed by atoms with Crippen molar-refractivity contribution in [3.8, 4) is 5.06 Å². The molecule has 0 amide bonds. The first kappa shape index (κ1) is 10.5. The van der Waals surface area contributed by atoms with Crippen LogP contribution in [0, 0.1) is 3.57 Å². The molecule has 0 N–H and O–H groups in total. The Labute approximate surface area is 105 Å². The second kappa shape index (κ2) is 4.24. The van der Waals surface area contributed by atoms with Gasteiger partial charge in [-0.2, -0.15) is 0 Å². The molecule has 0 fully saturated rings. The van der Waals surface area contributed by atoms with Crippen molar-refractivity contribution in [1.82, 2.24) is 0 Å². The zero-order valence-electron chi connectivity index (χ0n) is 7.51. The zero-order valence-corrected chi connectivity index (χ0v) is 11.2. The van der Waals surface area contributed by atoms with Crippen molar-refractivity contribution in [1.29, 1.82) is 0 Å². The lowest BCUT2D eigenvalue weighted by Crippen LogP contribution is -1.86. The molecule has 0 atom stereocenters. The van der Waals surface area contributed by atoms with Crippen LogP contribution >= 0.6 is 45.5 Å². The third-order valence-electron chi connectivity index (χ3n) is 1.85. The quantitative estimate of drug-likeness (QED) is 0.730. The predicted molar refractivity (Wildman–Crippen MR) is 70.7 cm³/mol. The topological polar surface area (TPSA) is 9.23 Å². The minimum Gasteiger partial charge on any atom is -0.484 e. The summed E-state index contributed by atoms with van der Waals surface area (Å²) in [5, 5.41) is 2.93. The monoisotopic (exact) mass is 338 g/mol. The molecule has 1 heterocycles. The molecule has 4 heteroatoms. The average Bonchev–Trinajstić information content (AvgIpc) is 2.57. The van der Waals surface area contributed by atoms with Gasteiger partial charge in [0.2, 0.25) is 0 Å². The summed E-state index contributed by atoms with van der Waals surface area (Å²) < 4.78 is 7.78. The van der Waals surface area contributed by atoms with Gasteiger partial charge in [0.05, 0.1) is 16.3 Å². The lowest BCUT2D eigenvalue weighted by atomic mass is 10.3. The Morgan fingerprint density at radius 1 is 1.50 bits per heavy atom. The molecule has 1 aromatic carbocycles. The van der Waals surface area contributed by atoms with Crippen molar-refractivity contribution < 1.29 is 4.74 Å². The number of rotatable bonds is 2. The Balaban J connectivity index is 2.63. The average molecular weight is 339 g/mol. The van der Waals surface area contributed by atoms with Crippen molar-refractivity contribution in [2.45, 2.75) is 6.92 Å². The summed E-state index contributed by atoms with van der Waals surface area (Å²) in [5.41, 5.74) is 0. The summed E-state index contributed by atoms with van der Waals surface area (Å²) in [6.45, 7) is 2.68. The van der Waals surface area contributed by atoms with E-state index in [1.165, 1.54) is 8.96 Å². The number of thiophene rings is 1. The molecule has 0 radical (unpaired) electrons. The molecule has 0 saturated heterocycles. The number of halogens is 2. The normalized spacial score (nSPS) is 10.8. The number of benzene rings is 1. The van der Waals surface area contributed by atoms with Crippen molar-refractivity contribution in [3.05, 3.63) is 26.8 Å². The molecule has 0 spiro atoms. The first-order valence-corrected chi connectivity index (χ1v) is 6.50. The van der Waals surface area contributed by atoms with E-state index in [1.807, 2.05) is 19.1 Å². The van der Waals surface area contributed by atoms with Gasteiger partial charge in [-0.25, -0.2) is 0 Å². The second-order valence-corrected chi connectivity index (χ2v) is 5.35. The molecule has 2 rings (SSSR count). The van der Waals surface area contributed by atoms with Gasteiger partial charge in [-0.3, -0.25) is 0 Å². The summed E-state index contributed by atoms with van der Waals surface area (Å²) in [5.74, 6) is 0. The highest BCUT2D eigenvalue weighted by atomic mass is 127. The van der Waals surface area contributed by atoms with E-state index in [0.29, 0.717) is 6.61 Å². The highest BCUT2D eigenvalue weighted by Crippen LogP contribution is 2.38. The molecule has 0 unspecified atom stereocenters. The Bertz CT molecular complexity index is 427. The first-order valence-electron chi connectivity index (χ1n) is 4.22. The molecule has 0 aliphatic rings. The summed E-state index contributed by atoms with van der Waals surface area (Å²) in [6.07, 6.45) is 0. The smallest absolute Gasteiger partial charge is 0.174 e. The van der Waals surface area contributed by atoms with E-state index in [-0.39, 0.29) is 0 Å². The second-order valence-electron chi connectivity index (χ2n) is 2.77. The van der Waals surface area contributed by atoms with Crippen LogP contribution in [0.5, 0.6) is 5.06 Å². The van der Waals surface area contributed by atoms with E-state index in [4.69, 9.17) is 16.3 Å². The number of hydrogen-bond acceptors (Lipinski definition) is 2. The minimum absolute atomic E-state index is 0.695. The van der Waals surface area contributed by atoms with Gasteiger partial charge in [0, 0.05) is 15.0 Å². The van der Waals surface area contributed by atoms with Gasteiger partial charge in [0.1, 0.15) is 0 Å². The van der Waals surface area contributed by atoms with Crippen LogP contribution in [0.1, 0.15) is 6.92 Å². The molecule has 1 nitrogen and oxygen atoms in total. The third kappa shape index (κ3) is 1.85. The minimum atomic E-state index is 0.695. The van der Waals surface area contributed by atoms with Gasteiger partial charge in [-0.1, -0.05) is 22.9 Å². The van der Waals surface area contributed by atoms with Crippen LogP contribution in [0.2, 0.25) is 5.02 Å². The Morgan fingerprint density at radius 3 is 2.93 bits per heavy atom. The molecule has 0 bridgehead atoms. The van der Waals surface area contributed by atoms with Crippen LogP contribution in [0.15, 0.2) is 18.2 Å². The van der Waals surface area contributed by atoms with E-state index >= 15 is 0 Å². The predicted octanol–water partition coefficient (Wildman–Crippen LogP) is 4.56. The SMILES string of the molecule is CCOc1cc2c(I)ccc(Cl)c2s1. The van der Waals surface area contributed by atoms with Gasteiger partial charge in [0.25, 0.3) is 0 Å². The van der Waals surface area contributed by atoms with Gasteiger partial charge in [0.15, 0.2) is 5.06 Å². The van der Waals surface area contributed by atoms with E-state index in [1.54, 1.807) is 11.3 Å². The van der Waals surface area contributed by atoms with E-state index in [9.17, 15) is 0 Å². The fourth-order valence-electron chi connectivity index (χ4n) is 1.25. The largest absolute Gasteiger partial charge is 0.484 e. The Kier molecular flexibility index (Phi) is 3.19. The third-order valence-corrected chi connectivity index (χ3v) is 4.29. The maximum Gasteiger partial charge on any atom is 0.174 e. The van der Waals surface area contributed by atoms with Crippen molar-refractivity contribution in [3.63, 3.8) is 0 Å². The van der Waals surface area contributed by atoms with E-state index in [0.717, 1.165) is 14.8 Å². The van der Waals surface area contributed by atoms with Gasteiger partial charge in [-0.15, -0.1) is 0 Å².